The maximum absolute atomic E-state index is 6.02. The molecule has 17 heavy (non-hydrogen) atoms. The van der Waals surface area contributed by atoms with Crippen molar-refractivity contribution in [3.8, 4) is 0 Å². The standard InChI is InChI=1S/C15H29NO/c1-4-11(5-2)9-14(16-6-3)13-10-12-7-8-15(13)17-12/h11-16H,4-10H2,1-3H3. The topological polar surface area (TPSA) is 21.3 Å². The third kappa shape index (κ3) is 3.03. The fourth-order valence-corrected chi connectivity index (χ4v) is 3.75. The molecule has 0 radical (unpaired) electrons. The van der Waals surface area contributed by atoms with Crippen molar-refractivity contribution in [2.45, 2.75) is 77.5 Å². The van der Waals surface area contributed by atoms with Crippen LogP contribution in [-0.4, -0.2) is 24.8 Å². The molecule has 0 spiro atoms. The molecule has 0 aromatic carbocycles. The van der Waals surface area contributed by atoms with Crippen molar-refractivity contribution in [1.29, 1.82) is 0 Å². The maximum Gasteiger partial charge on any atom is 0.0623 e. The highest BCUT2D eigenvalue weighted by Crippen LogP contribution is 2.41. The summed E-state index contributed by atoms with van der Waals surface area (Å²) in [6.45, 7) is 7.98. The zero-order valence-corrected chi connectivity index (χ0v) is 11.7. The van der Waals surface area contributed by atoms with E-state index in [1.54, 1.807) is 0 Å². The molecule has 0 aromatic heterocycles. The van der Waals surface area contributed by atoms with E-state index in [9.17, 15) is 0 Å². The minimum absolute atomic E-state index is 0.568. The van der Waals surface area contributed by atoms with Crippen molar-refractivity contribution in [2.75, 3.05) is 6.54 Å². The van der Waals surface area contributed by atoms with Crippen molar-refractivity contribution in [2.24, 2.45) is 11.8 Å². The first kappa shape index (κ1) is 13.4. The molecule has 2 rings (SSSR count). The lowest BCUT2D eigenvalue weighted by Crippen LogP contribution is -2.41. The molecule has 0 aliphatic carbocycles. The van der Waals surface area contributed by atoms with E-state index in [1.807, 2.05) is 0 Å². The quantitative estimate of drug-likeness (QED) is 0.735. The molecule has 2 aliphatic rings. The van der Waals surface area contributed by atoms with Gasteiger partial charge in [0.1, 0.15) is 0 Å². The van der Waals surface area contributed by atoms with Gasteiger partial charge in [0.15, 0.2) is 0 Å². The zero-order valence-electron chi connectivity index (χ0n) is 11.7. The largest absolute Gasteiger partial charge is 0.375 e. The number of hydrogen-bond acceptors (Lipinski definition) is 2. The molecule has 1 N–H and O–H groups in total. The van der Waals surface area contributed by atoms with Crippen molar-refractivity contribution in [1.82, 2.24) is 5.32 Å². The molecule has 0 aromatic rings. The molecule has 4 atom stereocenters. The van der Waals surface area contributed by atoms with Crippen LogP contribution in [0.5, 0.6) is 0 Å². The van der Waals surface area contributed by atoms with Gasteiger partial charge in [-0.2, -0.15) is 0 Å². The van der Waals surface area contributed by atoms with Crippen molar-refractivity contribution < 1.29 is 4.74 Å². The normalized spacial score (nSPS) is 33.5. The average Bonchev–Trinajstić information content (AvgIpc) is 2.96. The summed E-state index contributed by atoms with van der Waals surface area (Å²) in [5.41, 5.74) is 0. The third-order valence-corrected chi connectivity index (χ3v) is 4.88. The molecule has 100 valence electrons. The summed E-state index contributed by atoms with van der Waals surface area (Å²) in [6, 6.07) is 0.695. The van der Waals surface area contributed by atoms with Gasteiger partial charge in [-0.25, -0.2) is 0 Å². The second-order valence-electron chi connectivity index (χ2n) is 5.86. The molecule has 2 nitrogen and oxygen atoms in total. The summed E-state index contributed by atoms with van der Waals surface area (Å²) in [5.74, 6) is 1.67. The van der Waals surface area contributed by atoms with Crippen LogP contribution in [0.1, 0.15) is 59.3 Å². The Hall–Kier alpha value is -0.0800. The lowest BCUT2D eigenvalue weighted by atomic mass is 9.79. The van der Waals surface area contributed by atoms with Gasteiger partial charge in [-0.3, -0.25) is 0 Å². The summed E-state index contributed by atoms with van der Waals surface area (Å²) < 4.78 is 6.02. The molecule has 2 heteroatoms. The van der Waals surface area contributed by atoms with E-state index in [2.05, 4.69) is 26.1 Å². The first-order valence-electron chi connectivity index (χ1n) is 7.67. The van der Waals surface area contributed by atoms with Gasteiger partial charge in [0.05, 0.1) is 12.2 Å². The number of ether oxygens (including phenoxy) is 1. The minimum Gasteiger partial charge on any atom is -0.375 e. The number of rotatable bonds is 7. The number of nitrogens with one attached hydrogen (secondary N) is 1. The summed E-state index contributed by atoms with van der Waals surface area (Å²) in [6.07, 6.45) is 9.07. The van der Waals surface area contributed by atoms with Gasteiger partial charge in [0, 0.05) is 12.0 Å². The number of fused-ring (bicyclic) bond motifs is 2. The minimum atomic E-state index is 0.568. The van der Waals surface area contributed by atoms with Crippen molar-refractivity contribution in [3.63, 3.8) is 0 Å². The van der Waals surface area contributed by atoms with E-state index in [0.717, 1.165) is 18.4 Å². The van der Waals surface area contributed by atoms with Crippen LogP contribution in [-0.2, 0) is 4.74 Å². The molecule has 0 saturated carbocycles. The fourth-order valence-electron chi connectivity index (χ4n) is 3.75. The predicted octanol–water partition coefficient (Wildman–Crippen LogP) is 3.36. The van der Waals surface area contributed by atoms with Crippen molar-refractivity contribution in [3.05, 3.63) is 0 Å². The Morgan fingerprint density at radius 1 is 1.18 bits per heavy atom. The predicted molar refractivity (Wildman–Crippen MR) is 72.2 cm³/mol. The van der Waals surface area contributed by atoms with E-state index in [4.69, 9.17) is 4.74 Å². The van der Waals surface area contributed by atoms with E-state index in [0.29, 0.717) is 18.2 Å². The second kappa shape index (κ2) is 6.19. The molecule has 2 saturated heterocycles. The molecular weight excluding hydrogens is 210 g/mol. The van der Waals surface area contributed by atoms with Gasteiger partial charge in [0.25, 0.3) is 0 Å². The SMILES string of the molecule is CCNC(CC(CC)CC)C1CC2CCC1O2. The lowest BCUT2D eigenvalue weighted by Gasteiger charge is -2.31. The Kier molecular flexibility index (Phi) is 4.87. The van der Waals surface area contributed by atoms with E-state index in [1.165, 1.54) is 38.5 Å². The van der Waals surface area contributed by atoms with Crippen LogP contribution in [0.15, 0.2) is 0 Å². The van der Waals surface area contributed by atoms with Crippen LogP contribution in [0.3, 0.4) is 0 Å². The highest BCUT2D eigenvalue weighted by Gasteiger charge is 2.44. The van der Waals surface area contributed by atoms with E-state index < -0.39 is 0 Å². The van der Waals surface area contributed by atoms with Crippen LogP contribution in [0.2, 0.25) is 0 Å². The van der Waals surface area contributed by atoms with Crippen LogP contribution in [0.25, 0.3) is 0 Å². The summed E-state index contributed by atoms with van der Waals surface area (Å²) in [5, 5.41) is 3.73. The molecule has 4 unspecified atom stereocenters. The van der Waals surface area contributed by atoms with Gasteiger partial charge >= 0.3 is 0 Å². The second-order valence-corrected chi connectivity index (χ2v) is 5.86. The Morgan fingerprint density at radius 3 is 2.41 bits per heavy atom. The molecule has 2 fully saturated rings. The summed E-state index contributed by atoms with van der Waals surface area (Å²) in [4.78, 5) is 0. The van der Waals surface area contributed by atoms with Crippen molar-refractivity contribution >= 4 is 0 Å². The van der Waals surface area contributed by atoms with Gasteiger partial charge in [0.2, 0.25) is 0 Å². The Labute approximate surface area is 107 Å². The van der Waals surface area contributed by atoms with Crippen LogP contribution in [0.4, 0.5) is 0 Å². The molecule has 2 aliphatic heterocycles. The molecule has 0 amide bonds. The van der Waals surface area contributed by atoms with Gasteiger partial charge in [-0.1, -0.05) is 33.6 Å². The maximum atomic E-state index is 6.02. The van der Waals surface area contributed by atoms with E-state index in [-0.39, 0.29) is 0 Å². The monoisotopic (exact) mass is 239 g/mol. The third-order valence-electron chi connectivity index (χ3n) is 4.88. The van der Waals surface area contributed by atoms with Gasteiger partial charge in [-0.15, -0.1) is 0 Å². The van der Waals surface area contributed by atoms with Crippen LogP contribution in [0, 0.1) is 11.8 Å². The highest BCUT2D eigenvalue weighted by atomic mass is 16.5. The van der Waals surface area contributed by atoms with E-state index >= 15 is 0 Å². The lowest BCUT2D eigenvalue weighted by molar-refractivity contribution is 0.0832. The Bertz CT molecular complexity index is 227. The smallest absolute Gasteiger partial charge is 0.0623 e. The van der Waals surface area contributed by atoms with Gasteiger partial charge in [-0.05, 0) is 38.1 Å². The molecular formula is C15H29NO. The van der Waals surface area contributed by atoms with Gasteiger partial charge < -0.3 is 10.1 Å². The average molecular weight is 239 g/mol. The fraction of sp³-hybridized carbons (Fsp3) is 1.00. The summed E-state index contributed by atoms with van der Waals surface area (Å²) >= 11 is 0. The first-order valence-corrected chi connectivity index (χ1v) is 7.67. The zero-order chi connectivity index (χ0) is 12.3. The van der Waals surface area contributed by atoms with Crippen LogP contribution >= 0.6 is 0 Å². The first-order chi connectivity index (χ1) is 8.28. The van der Waals surface area contributed by atoms with Crippen LogP contribution < -0.4 is 5.32 Å². The molecule has 2 bridgehead atoms. The molecule has 2 heterocycles. The highest BCUT2D eigenvalue weighted by molar-refractivity contribution is 4.95. The Morgan fingerprint density at radius 2 is 1.94 bits per heavy atom. The Balaban J connectivity index is 1.92. The summed E-state index contributed by atoms with van der Waals surface area (Å²) in [7, 11) is 0. The number of hydrogen-bond donors (Lipinski definition) is 1.